The van der Waals surface area contributed by atoms with Crippen molar-refractivity contribution in [2.75, 3.05) is 40.5 Å². The van der Waals surface area contributed by atoms with Crippen LogP contribution in [-0.2, 0) is 0 Å². The molecule has 2 N–H and O–H groups in total. The van der Waals surface area contributed by atoms with Crippen molar-refractivity contribution in [2.24, 2.45) is 0 Å². The molecule has 1 aliphatic heterocycles. The van der Waals surface area contributed by atoms with Gasteiger partial charge in [0.1, 0.15) is 19.3 Å². The number of rotatable bonds is 7. The van der Waals surface area contributed by atoms with Crippen LogP contribution < -0.4 is 19.1 Å². The van der Waals surface area contributed by atoms with Crippen LogP contribution in [0.4, 0.5) is 0 Å². The van der Waals surface area contributed by atoms with Gasteiger partial charge in [-0.15, -0.1) is 0 Å². The highest BCUT2D eigenvalue weighted by Crippen LogP contribution is 2.36. The highest BCUT2D eigenvalue weighted by Gasteiger charge is 2.19. The number of piperidine rings is 1. The van der Waals surface area contributed by atoms with Gasteiger partial charge in [-0.3, -0.25) is 0 Å². The van der Waals surface area contributed by atoms with Crippen molar-refractivity contribution in [3.63, 3.8) is 0 Å². The van der Waals surface area contributed by atoms with E-state index in [4.69, 9.17) is 14.2 Å². The van der Waals surface area contributed by atoms with E-state index in [1.165, 1.54) is 24.2 Å². The maximum atomic E-state index is 10.2. The van der Waals surface area contributed by atoms with Gasteiger partial charge < -0.3 is 24.2 Å². The number of para-hydroxylation sites is 1. The molecular weight excluding hydrogens is 270 g/mol. The van der Waals surface area contributed by atoms with Gasteiger partial charge in [0.2, 0.25) is 5.75 Å². The molecule has 1 aliphatic rings. The lowest BCUT2D eigenvalue weighted by Crippen LogP contribution is -3.14. The second-order valence-electron chi connectivity index (χ2n) is 5.47. The lowest BCUT2D eigenvalue weighted by Gasteiger charge is -2.25. The maximum absolute atomic E-state index is 10.2. The van der Waals surface area contributed by atoms with E-state index in [2.05, 4.69) is 0 Å². The highest BCUT2D eigenvalue weighted by atomic mass is 16.5. The quantitative estimate of drug-likeness (QED) is 0.770. The van der Waals surface area contributed by atoms with Crippen LogP contribution in [0.15, 0.2) is 18.2 Å². The van der Waals surface area contributed by atoms with Crippen LogP contribution in [0.3, 0.4) is 0 Å². The molecule has 0 amide bonds. The minimum Gasteiger partial charge on any atom is -0.493 e. The van der Waals surface area contributed by atoms with Gasteiger partial charge in [-0.2, -0.15) is 0 Å². The summed E-state index contributed by atoms with van der Waals surface area (Å²) in [5, 5.41) is 10.2. The van der Waals surface area contributed by atoms with Crippen molar-refractivity contribution in [3.05, 3.63) is 18.2 Å². The van der Waals surface area contributed by atoms with Crippen LogP contribution in [0, 0.1) is 0 Å². The Balaban J connectivity index is 1.89. The number of aliphatic hydroxyl groups excluding tert-OH is 1. The van der Waals surface area contributed by atoms with E-state index in [-0.39, 0.29) is 6.61 Å². The summed E-state index contributed by atoms with van der Waals surface area (Å²) >= 11 is 0. The molecule has 1 heterocycles. The Morgan fingerprint density at radius 3 is 2.29 bits per heavy atom. The van der Waals surface area contributed by atoms with Crippen LogP contribution in [0.2, 0.25) is 0 Å². The predicted octanol–water partition coefficient (Wildman–Crippen LogP) is 0.512. The van der Waals surface area contributed by atoms with Crippen molar-refractivity contribution in [1.82, 2.24) is 0 Å². The van der Waals surface area contributed by atoms with Crippen LogP contribution in [0.1, 0.15) is 19.3 Å². The average Bonchev–Trinajstić information content (AvgIpc) is 2.53. The zero-order valence-electron chi connectivity index (χ0n) is 12.9. The fraction of sp³-hybridized carbons (Fsp3) is 0.625. The normalized spacial score (nSPS) is 17.3. The number of ether oxygens (including phenoxy) is 3. The number of methoxy groups -OCH3 is 2. The molecule has 0 unspecified atom stereocenters. The van der Waals surface area contributed by atoms with E-state index in [9.17, 15) is 5.11 Å². The third kappa shape index (κ3) is 4.51. The molecule has 0 bridgehead atoms. The SMILES string of the molecule is COc1cccc(OC)c1OC[C@@H](O)C[NH+]1CCCCC1. The maximum Gasteiger partial charge on any atom is 0.203 e. The van der Waals surface area contributed by atoms with E-state index < -0.39 is 6.10 Å². The molecule has 0 saturated carbocycles. The molecule has 1 atom stereocenters. The standard InChI is InChI=1S/C16H25NO4/c1-19-14-7-6-8-15(20-2)16(14)21-12-13(18)11-17-9-4-3-5-10-17/h6-8,13,18H,3-5,9-12H2,1-2H3/p+1/t13-/m0/s1. The number of hydrogen-bond donors (Lipinski definition) is 2. The molecule has 1 fully saturated rings. The van der Waals surface area contributed by atoms with Crippen LogP contribution in [0.5, 0.6) is 17.2 Å². The molecule has 1 saturated heterocycles. The van der Waals surface area contributed by atoms with Crippen molar-refractivity contribution in [2.45, 2.75) is 25.4 Å². The summed E-state index contributed by atoms with van der Waals surface area (Å²) < 4.78 is 16.3. The first-order valence-corrected chi connectivity index (χ1v) is 7.60. The summed E-state index contributed by atoms with van der Waals surface area (Å²) in [7, 11) is 3.19. The van der Waals surface area contributed by atoms with Gasteiger partial charge in [-0.1, -0.05) is 6.07 Å². The molecule has 5 nitrogen and oxygen atoms in total. The zero-order valence-corrected chi connectivity index (χ0v) is 12.9. The lowest BCUT2D eigenvalue weighted by atomic mass is 10.1. The Labute approximate surface area is 126 Å². The molecule has 2 rings (SSSR count). The minimum atomic E-state index is -0.479. The minimum absolute atomic E-state index is 0.250. The van der Waals surface area contributed by atoms with Crippen molar-refractivity contribution in [3.8, 4) is 17.2 Å². The molecule has 1 aromatic rings. The zero-order chi connectivity index (χ0) is 15.1. The fourth-order valence-electron chi connectivity index (χ4n) is 2.79. The van der Waals surface area contributed by atoms with Gasteiger partial charge in [-0.05, 0) is 31.4 Å². The summed E-state index contributed by atoms with van der Waals surface area (Å²) in [4.78, 5) is 1.46. The van der Waals surface area contributed by atoms with E-state index >= 15 is 0 Å². The van der Waals surface area contributed by atoms with Crippen molar-refractivity contribution >= 4 is 0 Å². The molecule has 5 heteroatoms. The topological polar surface area (TPSA) is 52.4 Å². The highest BCUT2D eigenvalue weighted by molar-refractivity contribution is 5.51. The van der Waals surface area contributed by atoms with Crippen LogP contribution >= 0.6 is 0 Å². The molecule has 1 aromatic carbocycles. The Hall–Kier alpha value is -1.46. The molecule has 0 spiro atoms. The monoisotopic (exact) mass is 296 g/mol. The van der Waals surface area contributed by atoms with E-state index in [0.29, 0.717) is 17.2 Å². The molecule has 0 aromatic heterocycles. The second kappa shape index (κ2) is 8.10. The van der Waals surface area contributed by atoms with E-state index in [1.807, 2.05) is 18.2 Å². The lowest BCUT2D eigenvalue weighted by molar-refractivity contribution is -0.908. The second-order valence-corrected chi connectivity index (χ2v) is 5.47. The number of hydrogen-bond acceptors (Lipinski definition) is 4. The van der Waals surface area contributed by atoms with Gasteiger partial charge in [0, 0.05) is 0 Å². The predicted molar refractivity (Wildman–Crippen MR) is 80.5 cm³/mol. The summed E-state index contributed by atoms with van der Waals surface area (Å²) in [5.74, 6) is 1.79. The Bertz CT molecular complexity index is 410. The first-order chi connectivity index (χ1) is 10.2. The largest absolute Gasteiger partial charge is 0.493 e. The van der Waals surface area contributed by atoms with Gasteiger partial charge >= 0.3 is 0 Å². The van der Waals surface area contributed by atoms with Crippen molar-refractivity contribution in [1.29, 1.82) is 0 Å². The van der Waals surface area contributed by atoms with Crippen molar-refractivity contribution < 1.29 is 24.2 Å². The summed E-state index contributed by atoms with van der Waals surface area (Å²) in [6.45, 7) is 3.28. The average molecular weight is 296 g/mol. The smallest absolute Gasteiger partial charge is 0.203 e. The van der Waals surface area contributed by atoms with E-state index in [1.54, 1.807) is 14.2 Å². The molecule has 21 heavy (non-hydrogen) atoms. The number of nitrogens with one attached hydrogen (secondary N) is 1. The molecule has 0 aliphatic carbocycles. The number of benzene rings is 1. The summed E-state index contributed by atoms with van der Waals surface area (Å²) in [6.07, 6.45) is 3.34. The Morgan fingerprint density at radius 1 is 1.10 bits per heavy atom. The molecular formula is C16H26NO4+. The fourth-order valence-corrected chi connectivity index (χ4v) is 2.79. The van der Waals surface area contributed by atoms with Gasteiger partial charge in [0.15, 0.2) is 11.5 Å². The summed E-state index contributed by atoms with van der Waals surface area (Å²) in [5.41, 5.74) is 0. The number of likely N-dealkylation sites (tertiary alicyclic amines) is 1. The van der Waals surface area contributed by atoms with Crippen LogP contribution in [-0.4, -0.2) is 51.7 Å². The number of aliphatic hydroxyl groups is 1. The van der Waals surface area contributed by atoms with Gasteiger partial charge in [-0.25, -0.2) is 0 Å². The first kappa shape index (κ1) is 15.9. The van der Waals surface area contributed by atoms with Gasteiger partial charge in [0.05, 0.1) is 27.3 Å². The first-order valence-electron chi connectivity index (χ1n) is 7.60. The molecule has 118 valence electrons. The van der Waals surface area contributed by atoms with E-state index in [0.717, 1.165) is 19.6 Å². The number of quaternary nitrogens is 1. The molecule has 0 radical (unpaired) electrons. The Morgan fingerprint density at radius 2 is 1.71 bits per heavy atom. The van der Waals surface area contributed by atoms with Crippen LogP contribution in [0.25, 0.3) is 0 Å². The third-order valence-corrected chi connectivity index (χ3v) is 3.89. The third-order valence-electron chi connectivity index (χ3n) is 3.89. The summed E-state index contributed by atoms with van der Waals surface area (Å²) in [6, 6.07) is 5.49. The Kier molecular flexibility index (Phi) is 6.14. The van der Waals surface area contributed by atoms with Gasteiger partial charge in [0.25, 0.3) is 0 Å².